The van der Waals surface area contributed by atoms with Gasteiger partial charge < -0.3 is 4.74 Å². The second-order valence-corrected chi connectivity index (χ2v) is 6.04. The highest BCUT2D eigenvalue weighted by atomic mass is 16.5. The normalized spacial score (nSPS) is 18.9. The highest BCUT2D eigenvalue weighted by molar-refractivity contribution is 5.84. The van der Waals surface area contributed by atoms with E-state index in [1.165, 1.54) is 0 Å². The maximum absolute atomic E-state index is 9.64. The van der Waals surface area contributed by atoms with Gasteiger partial charge in [0, 0.05) is 23.6 Å². The van der Waals surface area contributed by atoms with Crippen molar-refractivity contribution in [1.29, 1.82) is 10.7 Å². The molecule has 2 atom stereocenters. The summed E-state index contributed by atoms with van der Waals surface area (Å²) in [5, 5.41) is 25.0. The fraction of sp³-hybridized carbons (Fsp3) is 0.150. The quantitative estimate of drug-likeness (QED) is 0.769. The molecule has 0 aliphatic carbocycles. The van der Waals surface area contributed by atoms with Crippen LogP contribution >= 0.6 is 0 Å². The van der Waals surface area contributed by atoms with Gasteiger partial charge in [-0.15, -0.1) is 5.10 Å². The first-order valence-corrected chi connectivity index (χ1v) is 8.10. The van der Waals surface area contributed by atoms with Crippen molar-refractivity contribution in [2.24, 2.45) is 5.92 Å². The first-order valence-electron chi connectivity index (χ1n) is 8.10. The summed E-state index contributed by atoms with van der Waals surface area (Å²) in [7, 11) is 0. The summed E-state index contributed by atoms with van der Waals surface area (Å²) in [5.41, 5.74) is 3.93. The number of nitrogens with one attached hydrogen (secondary N) is 2. The molecule has 2 N–H and O–H groups in total. The lowest BCUT2D eigenvalue weighted by molar-refractivity contribution is 0.436. The number of rotatable bonds is 3. The number of ether oxygens (including phenoxy) is 1. The van der Waals surface area contributed by atoms with Crippen molar-refractivity contribution in [2.45, 2.75) is 12.3 Å². The topological polar surface area (TPSA) is 85.6 Å². The molecule has 0 bridgehead atoms. The predicted molar refractivity (Wildman–Crippen MR) is 93.6 cm³/mol. The Morgan fingerprint density at radius 3 is 2.44 bits per heavy atom. The zero-order chi connectivity index (χ0) is 17.2. The van der Waals surface area contributed by atoms with Crippen LogP contribution in [0.5, 0.6) is 5.88 Å². The molecule has 4 rings (SSSR count). The minimum Gasteiger partial charge on any atom is -0.422 e. The van der Waals surface area contributed by atoms with E-state index in [9.17, 15) is 5.26 Å². The minimum atomic E-state index is -0.665. The molecule has 2 heterocycles. The molecule has 3 aromatic rings. The lowest BCUT2D eigenvalue weighted by Gasteiger charge is -2.28. The molecule has 2 aromatic carbocycles. The largest absolute Gasteiger partial charge is 0.422 e. The van der Waals surface area contributed by atoms with E-state index in [2.05, 4.69) is 28.4 Å². The lowest BCUT2D eigenvalue weighted by atomic mass is 9.79. The van der Waals surface area contributed by atoms with Gasteiger partial charge in [0.2, 0.25) is 11.8 Å². The number of hydrogen-bond acceptors (Lipinski definition) is 4. The summed E-state index contributed by atoms with van der Waals surface area (Å²) in [5.74, 6) is -0.583. The van der Waals surface area contributed by atoms with Gasteiger partial charge in [0.05, 0.1) is 6.07 Å². The zero-order valence-corrected chi connectivity index (χ0v) is 13.4. The van der Waals surface area contributed by atoms with Gasteiger partial charge >= 0.3 is 0 Å². The van der Waals surface area contributed by atoms with Gasteiger partial charge in [-0.3, -0.25) is 10.5 Å². The van der Waals surface area contributed by atoms with Crippen molar-refractivity contribution in [2.75, 3.05) is 0 Å². The van der Waals surface area contributed by atoms with Crippen LogP contribution in [0.15, 0.2) is 60.7 Å². The number of aromatic nitrogens is 2. The number of nitrogens with zero attached hydrogens (tertiary/aromatic N) is 2. The zero-order valence-electron chi connectivity index (χ0n) is 13.4. The third-order valence-electron chi connectivity index (χ3n) is 4.50. The fourth-order valence-electron chi connectivity index (χ4n) is 3.34. The summed E-state index contributed by atoms with van der Waals surface area (Å²) in [6, 6.07) is 22.1. The van der Waals surface area contributed by atoms with Crippen LogP contribution in [0, 0.1) is 22.7 Å². The van der Waals surface area contributed by atoms with Gasteiger partial charge in [-0.2, -0.15) is 5.26 Å². The maximum atomic E-state index is 9.64. The van der Waals surface area contributed by atoms with Crippen molar-refractivity contribution in [3.05, 3.63) is 83.0 Å². The molecule has 5 nitrogen and oxygen atoms in total. The van der Waals surface area contributed by atoms with Gasteiger partial charge in [0.15, 0.2) is 0 Å². The van der Waals surface area contributed by atoms with E-state index >= 15 is 0 Å². The van der Waals surface area contributed by atoms with Crippen molar-refractivity contribution >= 4 is 5.90 Å². The Balaban J connectivity index is 1.83. The van der Waals surface area contributed by atoms with Crippen LogP contribution in [0.3, 0.4) is 0 Å². The predicted octanol–water partition coefficient (Wildman–Crippen LogP) is 3.64. The number of fused-ring (bicyclic) bond motifs is 1. The van der Waals surface area contributed by atoms with Gasteiger partial charge in [0.25, 0.3) is 0 Å². The van der Waals surface area contributed by atoms with Crippen LogP contribution in [0.1, 0.15) is 28.3 Å². The van der Waals surface area contributed by atoms with E-state index in [1.54, 1.807) is 0 Å². The fourth-order valence-corrected chi connectivity index (χ4v) is 3.34. The van der Waals surface area contributed by atoms with Gasteiger partial charge in [-0.25, -0.2) is 0 Å². The summed E-state index contributed by atoms with van der Waals surface area (Å²) >= 11 is 0. The number of H-pyrrole nitrogens is 1. The Morgan fingerprint density at radius 1 is 1.08 bits per heavy atom. The highest BCUT2D eigenvalue weighted by Gasteiger charge is 2.40. The van der Waals surface area contributed by atoms with Crippen molar-refractivity contribution < 1.29 is 4.74 Å². The molecule has 1 aliphatic rings. The lowest BCUT2D eigenvalue weighted by Crippen LogP contribution is -2.31. The molecule has 0 saturated carbocycles. The molecule has 0 saturated heterocycles. The number of hydrogen-bond donors (Lipinski definition) is 2. The summed E-state index contributed by atoms with van der Waals surface area (Å²) in [6.45, 7) is 0. The molecule has 2 unspecified atom stereocenters. The molecule has 1 aliphatic heterocycles. The molecule has 0 radical (unpaired) electrons. The van der Waals surface area contributed by atoms with E-state index in [0.717, 1.165) is 22.4 Å². The summed E-state index contributed by atoms with van der Waals surface area (Å²) in [4.78, 5) is 0. The molecular formula is C20H16N4O. The average molecular weight is 328 g/mol. The molecule has 0 amide bonds. The van der Waals surface area contributed by atoms with Gasteiger partial charge in [-0.05, 0) is 11.1 Å². The van der Waals surface area contributed by atoms with E-state index in [1.807, 2.05) is 48.5 Å². The summed E-state index contributed by atoms with van der Waals surface area (Å²) < 4.78 is 5.52. The third kappa shape index (κ3) is 2.68. The second-order valence-electron chi connectivity index (χ2n) is 6.04. The first kappa shape index (κ1) is 15.2. The Labute approximate surface area is 145 Å². The maximum Gasteiger partial charge on any atom is 0.243 e. The minimum absolute atomic E-state index is 0.0541. The highest BCUT2D eigenvalue weighted by Crippen LogP contribution is 2.43. The summed E-state index contributed by atoms with van der Waals surface area (Å²) in [6.07, 6.45) is 0.668. The Bertz CT molecular complexity index is 941. The Morgan fingerprint density at radius 2 is 1.76 bits per heavy atom. The van der Waals surface area contributed by atoms with E-state index < -0.39 is 5.92 Å². The smallest absolute Gasteiger partial charge is 0.243 e. The SMILES string of the molecule is N#CC1C(=N)Oc2n[nH]c(Cc3ccccc3)c2C1c1ccccc1. The third-order valence-corrected chi connectivity index (χ3v) is 4.50. The van der Waals surface area contributed by atoms with Crippen LogP contribution in [0.25, 0.3) is 0 Å². The monoisotopic (exact) mass is 328 g/mol. The molecule has 122 valence electrons. The average Bonchev–Trinajstić information content (AvgIpc) is 3.04. The van der Waals surface area contributed by atoms with Gasteiger partial charge in [-0.1, -0.05) is 60.7 Å². The van der Waals surface area contributed by atoms with Crippen LogP contribution < -0.4 is 4.74 Å². The van der Waals surface area contributed by atoms with Crippen molar-refractivity contribution in [1.82, 2.24) is 10.2 Å². The van der Waals surface area contributed by atoms with E-state index in [4.69, 9.17) is 10.1 Å². The number of nitriles is 1. The Kier molecular flexibility index (Phi) is 3.79. The van der Waals surface area contributed by atoms with E-state index in [0.29, 0.717) is 12.3 Å². The van der Waals surface area contributed by atoms with Crippen molar-refractivity contribution in [3.63, 3.8) is 0 Å². The van der Waals surface area contributed by atoms with Crippen molar-refractivity contribution in [3.8, 4) is 11.9 Å². The number of aromatic amines is 1. The Hall–Kier alpha value is -3.39. The number of benzene rings is 2. The van der Waals surface area contributed by atoms with Crippen LogP contribution in [0.4, 0.5) is 0 Å². The van der Waals surface area contributed by atoms with Crippen LogP contribution in [-0.2, 0) is 6.42 Å². The molecular weight excluding hydrogens is 312 g/mol. The molecule has 25 heavy (non-hydrogen) atoms. The van der Waals surface area contributed by atoms with Crippen LogP contribution in [0.2, 0.25) is 0 Å². The van der Waals surface area contributed by atoms with Gasteiger partial charge in [0.1, 0.15) is 5.92 Å². The van der Waals surface area contributed by atoms with E-state index in [-0.39, 0.29) is 11.8 Å². The molecule has 0 fully saturated rings. The molecule has 1 aromatic heterocycles. The molecule has 5 heteroatoms. The van der Waals surface area contributed by atoms with Crippen LogP contribution in [-0.4, -0.2) is 16.1 Å². The molecule has 0 spiro atoms. The second kappa shape index (κ2) is 6.25. The first-order chi connectivity index (χ1) is 12.3. The standard InChI is InChI=1S/C20H16N4O/c21-12-15-17(14-9-5-2-6-10-14)18-16(11-13-7-3-1-4-8-13)23-24-20(18)25-19(15)22/h1-10,15,17,22H,11H2,(H,23,24).